The van der Waals surface area contributed by atoms with E-state index in [1.54, 1.807) is 12.1 Å². The Morgan fingerprint density at radius 1 is 1.35 bits per heavy atom. The lowest BCUT2D eigenvalue weighted by Gasteiger charge is -2.19. The average Bonchev–Trinajstić information content (AvgIpc) is 2.28. The molecule has 0 saturated carbocycles. The van der Waals surface area contributed by atoms with Crippen LogP contribution in [0.4, 0.5) is 16.2 Å². The van der Waals surface area contributed by atoms with Gasteiger partial charge in [0, 0.05) is 18.8 Å². The van der Waals surface area contributed by atoms with E-state index in [0.717, 1.165) is 12.1 Å². The third-order valence-corrected chi connectivity index (χ3v) is 2.64. The van der Waals surface area contributed by atoms with Crippen molar-refractivity contribution in [3.8, 4) is 0 Å². The summed E-state index contributed by atoms with van der Waals surface area (Å²) in [5.74, 6) is 0. The van der Waals surface area contributed by atoms with Gasteiger partial charge >= 0.3 is 6.09 Å². The van der Waals surface area contributed by atoms with E-state index < -0.39 is 11.7 Å². The highest BCUT2D eigenvalue weighted by Gasteiger charge is 2.15. The Morgan fingerprint density at radius 3 is 2.65 bits per heavy atom. The van der Waals surface area contributed by atoms with Crippen LogP contribution in [0.1, 0.15) is 27.2 Å². The lowest BCUT2D eigenvalue weighted by molar-refractivity contribution is 0.0528. The van der Waals surface area contributed by atoms with E-state index in [1.807, 2.05) is 26.8 Å². The van der Waals surface area contributed by atoms with Gasteiger partial charge in [-0.1, -0.05) is 11.6 Å². The molecule has 6 heteroatoms. The zero-order chi connectivity index (χ0) is 15.2. The molecule has 0 aliphatic heterocycles. The van der Waals surface area contributed by atoms with Gasteiger partial charge in [-0.3, -0.25) is 0 Å². The highest BCUT2D eigenvalue weighted by molar-refractivity contribution is 6.33. The number of nitrogen functional groups attached to an aromatic ring is 1. The molecule has 1 aromatic rings. The van der Waals surface area contributed by atoms with Gasteiger partial charge in [-0.15, -0.1) is 0 Å². The topological polar surface area (TPSA) is 76.4 Å². The number of nitrogens with two attached hydrogens (primary N) is 1. The van der Waals surface area contributed by atoms with Crippen molar-refractivity contribution in [2.75, 3.05) is 24.1 Å². The Balaban J connectivity index is 2.21. The number of rotatable bonds is 5. The third kappa shape index (κ3) is 6.52. The normalized spacial score (nSPS) is 11.0. The summed E-state index contributed by atoms with van der Waals surface area (Å²) < 4.78 is 5.13. The fourth-order valence-corrected chi connectivity index (χ4v) is 1.75. The summed E-state index contributed by atoms with van der Waals surface area (Å²) in [6.07, 6.45) is 0.364. The molecular formula is C14H22ClN3O2. The molecule has 0 fully saturated rings. The molecule has 0 radical (unpaired) electrons. The first-order chi connectivity index (χ1) is 9.28. The van der Waals surface area contributed by atoms with Crippen LogP contribution >= 0.6 is 11.6 Å². The summed E-state index contributed by atoms with van der Waals surface area (Å²) >= 11 is 6.03. The summed E-state index contributed by atoms with van der Waals surface area (Å²) in [6, 6.07) is 5.31. The smallest absolute Gasteiger partial charge is 0.407 e. The molecule has 20 heavy (non-hydrogen) atoms. The Morgan fingerprint density at radius 2 is 2.05 bits per heavy atom. The number of nitrogens with one attached hydrogen (secondary N) is 2. The van der Waals surface area contributed by atoms with Crippen molar-refractivity contribution in [2.24, 2.45) is 0 Å². The van der Waals surface area contributed by atoms with E-state index in [9.17, 15) is 4.79 Å². The van der Waals surface area contributed by atoms with Gasteiger partial charge in [0.1, 0.15) is 5.60 Å². The Kier molecular flexibility index (Phi) is 5.95. The quantitative estimate of drug-likeness (QED) is 0.576. The molecule has 1 amide bonds. The molecule has 0 saturated heterocycles. The van der Waals surface area contributed by atoms with Gasteiger partial charge in [0.05, 0.1) is 10.7 Å². The molecule has 1 aromatic carbocycles. The lowest BCUT2D eigenvalue weighted by Crippen LogP contribution is -2.33. The lowest BCUT2D eigenvalue weighted by atomic mass is 10.2. The second kappa shape index (κ2) is 7.24. The molecule has 0 atom stereocenters. The molecule has 0 aromatic heterocycles. The highest BCUT2D eigenvalue weighted by atomic mass is 35.5. The molecule has 112 valence electrons. The van der Waals surface area contributed by atoms with Gasteiger partial charge in [-0.05, 0) is 45.4 Å². The molecule has 0 aliphatic rings. The van der Waals surface area contributed by atoms with E-state index in [2.05, 4.69) is 10.6 Å². The van der Waals surface area contributed by atoms with Crippen molar-refractivity contribution in [3.63, 3.8) is 0 Å². The largest absolute Gasteiger partial charge is 0.444 e. The zero-order valence-electron chi connectivity index (χ0n) is 12.1. The molecule has 0 aliphatic carbocycles. The van der Waals surface area contributed by atoms with Crippen molar-refractivity contribution in [3.05, 3.63) is 23.2 Å². The minimum atomic E-state index is -0.472. The number of carbonyl (C=O) groups is 1. The van der Waals surface area contributed by atoms with Crippen molar-refractivity contribution in [1.29, 1.82) is 0 Å². The van der Waals surface area contributed by atoms with Crippen LogP contribution in [0.25, 0.3) is 0 Å². The summed E-state index contributed by atoms with van der Waals surface area (Å²) in [5, 5.41) is 6.47. The molecule has 4 N–H and O–H groups in total. The Bertz CT molecular complexity index is 458. The standard InChI is InChI=1S/C14H22ClN3O2/c1-14(2,3)20-13(19)18-8-4-7-17-12-6-5-10(16)9-11(12)15/h5-6,9,17H,4,7-8,16H2,1-3H3,(H,18,19). The maximum atomic E-state index is 11.4. The first kappa shape index (κ1) is 16.4. The number of anilines is 2. The molecule has 0 bridgehead atoms. The molecule has 0 spiro atoms. The van der Waals surface area contributed by atoms with Crippen LogP contribution in [-0.4, -0.2) is 24.8 Å². The molecule has 5 nitrogen and oxygen atoms in total. The van der Waals surface area contributed by atoms with Crippen LogP contribution in [0.3, 0.4) is 0 Å². The van der Waals surface area contributed by atoms with Gasteiger partial charge < -0.3 is 21.1 Å². The van der Waals surface area contributed by atoms with Gasteiger partial charge in [0.15, 0.2) is 0 Å². The third-order valence-electron chi connectivity index (χ3n) is 2.33. The second-order valence-electron chi connectivity index (χ2n) is 5.45. The SMILES string of the molecule is CC(C)(C)OC(=O)NCCCNc1ccc(N)cc1Cl. The fourth-order valence-electron chi connectivity index (χ4n) is 1.49. The van der Waals surface area contributed by atoms with Crippen molar-refractivity contribution >= 4 is 29.1 Å². The number of carbonyl (C=O) groups excluding carboxylic acids is 1. The number of ether oxygens (including phenoxy) is 1. The van der Waals surface area contributed by atoms with Gasteiger partial charge in [0.25, 0.3) is 0 Å². The van der Waals surface area contributed by atoms with E-state index >= 15 is 0 Å². The first-order valence-electron chi connectivity index (χ1n) is 6.54. The summed E-state index contributed by atoms with van der Waals surface area (Å²) in [4.78, 5) is 11.4. The Hall–Kier alpha value is -1.62. The van der Waals surface area contributed by atoms with Gasteiger partial charge in [0.2, 0.25) is 0 Å². The minimum absolute atomic E-state index is 0.400. The maximum absolute atomic E-state index is 11.4. The number of amides is 1. The highest BCUT2D eigenvalue weighted by Crippen LogP contribution is 2.23. The number of hydrogen-bond donors (Lipinski definition) is 3. The predicted octanol–water partition coefficient (Wildman–Crippen LogP) is 3.25. The number of hydrogen-bond acceptors (Lipinski definition) is 4. The van der Waals surface area contributed by atoms with Crippen LogP contribution in [0.2, 0.25) is 5.02 Å². The second-order valence-corrected chi connectivity index (χ2v) is 5.86. The van der Waals surface area contributed by atoms with Gasteiger partial charge in [-0.25, -0.2) is 4.79 Å². The molecule has 1 rings (SSSR count). The molecule has 0 unspecified atom stereocenters. The number of benzene rings is 1. The summed E-state index contributed by atoms with van der Waals surface area (Å²) in [7, 11) is 0. The van der Waals surface area contributed by atoms with Crippen molar-refractivity contribution in [2.45, 2.75) is 32.8 Å². The monoisotopic (exact) mass is 299 g/mol. The van der Waals surface area contributed by atoms with Crippen molar-refractivity contribution in [1.82, 2.24) is 5.32 Å². The van der Waals surface area contributed by atoms with E-state index in [-0.39, 0.29) is 0 Å². The van der Waals surface area contributed by atoms with Crippen LogP contribution in [-0.2, 0) is 4.74 Å². The van der Waals surface area contributed by atoms with Gasteiger partial charge in [-0.2, -0.15) is 0 Å². The first-order valence-corrected chi connectivity index (χ1v) is 6.91. The molecular weight excluding hydrogens is 278 g/mol. The fraction of sp³-hybridized carbons (Fsp3) is 0.500. The van der Waals surface area contributed by atoms with Crippen molar-refractivity contribution < 1.29 is 9.53 Å². The van der Waals surface area contributed by atoms with E-state index in [1.165, 1.54) is 0 Å². The molecule has 0 heterocycles. The maximum Gasteiger partial charge on any atom is 0.407 e. The van der Waals surface area contributed by atoms with Crippen LogP contribution in [0.15, 0.2) is 18.2 Å². The number of halogens is 1. The minimum Gasteiger partial charge on any atom is -0.444 e. The number of alkyl carbamates (subject to hydrolysis) is 1. The Labute approximate surface area is 124 Å². The van der Waals surface area contributed by atoms with Crippen LogP contribution in [0.5, 0.6) is 0 Å². The summed E-state index contributed by atoms with van der Waals surface area (Å²) in [5.41, 5.74) is 6.60. The van der Waals surface area contributed by atoms with E-state index in [4.69, 9.17) is 22.1 Å². The van der Waals surface area contributed by atoms with Crippen LogP contribution in [0, 0.1) is 0 Å². The van der Waals surface area contributed by atoms with E-state index in [0.29, 0.717) is 23.8 Å². The zero-order valence-corrected chi connectivity index (χ0v) is 12.9. The van der Waals surface area contributed by atoms with Crippen LogP contribution < -0.4 is 16.4 Å². The average molecular weight is 300 g/mol. The predicted molar refractivity (Wildman–Crippen MR) is 83.2 cm³/mol. The summed E-state index contributed by atoms with van der Waals surface area (Å²) in [6.45, 7) is 6.72.